The molecule has 2 aromatic carbocycles. The van der Waals surface area contributed by atoms with E-state index in [2.05, 4.69) is 26.5 Å². The number of aryl methyl sites for hydroxylation is 1. The molecule has 11 nitrogen and oxygen atoms in total. The number of hydrogen-bond donors (Lipinski definition) is 2. The van der Waals surface area contributed by atoms with E-state index in [-0.39, 0.29) is 18.0 Å². The fraction of sp³-hybridized carbons (Fsp3) is 0.556. The summed E-state index contributed by atoms with van der Waals surface area (Å²) in [6.45, 7) is 7.28. The van der Waals surface area contributed by atoms with E-state index in [1.54, 1.807) is 11.1 Å². The SMILES string of the molecule is Cc1cc(C[C@@H](OC(=O)N2CCC(N3CCc4ccccc4NC3=O)CC2)C(=O)N2CCC(N3CCCCC3)CC2)cc2cn[nH]c12. The number of nitrogens with one attached hydrogen (secondary N) is 2. The summed E-state index contributed by atoms with van der Waals surface area (Å²) in [6.07, 6.45) is 8.58. The lowest BCUT2D eigenvalue weighted by Crippen LogP contribution is -2.53. The van der Waals surface area contributed by atoms with Gasteiger partial charge in [0.05, 0.1) is 11.7 Å². The van der Waals surface area contributed by atoms with Crippen molar-refractivity contribution in [3.63, 3.8) is 0 Å². The second-order valence-electron chi connectivity index (χ2n) is 13.7. The number of carbonyl (C=O) groups excluding carboxylic acids is 3. The van der Waals surface area contributed by atoms with E-state index in [1.165, 1.54) is 19.3 Å². The molecule has 4 aliphatic rings. The third-order valence-corrected chi connectivity index (χ3v) is 10.7. The number of ether oxygens (including phenoxy) is 1. The number of urea groups is 1. The summed E-state index contributed by atoms with van der Waals surface area (Å²) in [5, 5.41) is 11.3. The highest BCUT2D eigenvalue weighted by Crippen LogP contribution is 2.27. The van der Waals surface area contributed by atoms with Crippen LogP contribution < -0.4 is 5.32 Å². The zero-order valence-electron chi connectivity index (χ0n) is 27.5. The number of H-pyrrole nitrogens is 1. The summed E-state index contributed by atoms with van der Waals surface area (Å²) in [7, 11) is 0. The molecule has 11 heteroatoms. The smallest absolute Gasteiger partial charge is 0.410 e. The Morgan fingerprint density at radius 1 is 0.915 bits per heavy atom. The van der Waals surface area contributed by atoms with Crippen molar-refractivity contribution < 1.29 is 19.1 Å². The zero-order chi connectivity index (χ0) is 32.3. The first-order chi connectivity index (χ1) is 22.9. The predicted octanol–water partition coefficient (Wildman–Crippen LogP) is 4.95. The van der Waals surface area contributed by atoms with Crippen LogP contribution in [0.5, 0.6) is 0 Å². The molecule has 3 saturated heterocycles. The minimum absolute atomic E-state index is 0.0386. The summed E-state index contributed by atoms with van der Waals surface area (Å²) in [5.74, 6) is -0.115. The van der Waals surface area contributed by atoms with Gasteiger partial charge in [0.25, 0.3) is 5.91 Å². The van der Waals surface area contributed by atoms with Gasteiger partial charge in [0.1, 0.15) is 0 Å². The third-order valence-electron chi connectivity index (χ3n) is 10.7. The van der Waals surface area contributed by atoms with Crippen LogP contribution in [0.3, 0.4) is 0 Å². The monoisotopic (exact) mass is 641 g/mol. The average Bonchev–Trinajstić information content (AvgIpc) is 3.52. The summed E-state index contributed by atoms with van der Waals surface area (Å²) in [5.41, 5.74) is 4.96. The highest BCUT2D eigenvalue weighted by molar-refractivity contribution is 5.91. The maximum atomic E-state index is 14.1. The maximum Gasteiger partial charge on any atom is 0.410 e. The van der Waals surface area contributed by atoms with E-state index < -0.39 is 12.2 Å². The van der Waals surface area contributed by atoms with Gasteiger partial charge in [-0.2, -0.15) is 5.10 Å². The minimum atomic E-state index is -0.912. The number of amides is 4. The van der Waals surface area contributed by atoms with Crippen LogP contribution in [0.4, 0.5) is 15.3 Å². The molecule has 0 radical (unpaired) electrons. The van der Waals surface area contributed by atoms with Gasteiger partial charge in [-0.05, 0) is 93.8 Å². The number of para-hydroxylation sites is 1. The Kier molecular flexibility index (Phi) is 9.33. The molecule has 0 spiro atoms. The second-order valence-corrected chi connectivity index (χ2v) is 13.7. The molecule has 0 bridgehead atoms. The fourth-order valence-corrected chi connectivity index (χ4v) is 8.06. The average molecular weight is 642 g/mol. The lowest BCUT2D eigenvalue weighted by molar-refractivity contribution is -0.142. The molecule has 0 saturated carbocycles. The van der Waals surface area contributed by atoms with Crippen LogP contribution in [0.15, 0.2) is 42.6 Å². The molecule has 0 unspecified atom stereocenters. The number of fused-ring (bicyclic) bond motifs is 2. The van der Waals surface area contributed by atoms with Gasteiger partial charge >= 0.3 is 12.1 Å². The Morgan fingerprint density at radius 3 is 2.43 bits per heavy atom. The van der Waals surface area contributed by atoms with Crippen LogP contribution in [0, 0.1) is 6.92 Å². The van der Waals surface area contributed by atoms with Gasteiger partial charge in [-0.1, -0.05) is 30.7 Å². The molecule has 2 N–H and O–H groups in total. The summed E-state index contributed by atoms with van der Waals surface area (Å²) in [4.78, 5) is 48.9. The van der Waals surface area contributed by atoms with Crippen molar-refractivity contribution in [3.05, 3.63) is 59.3 Å². The molecule has 7 rings (SSSR count). The molecule has 250 valence electrons. The van der Waals surface area contributed by atoms with Gasteiger partial charge < -0.3 is 29.7 Å². The van der Waals surface area contributed by atoms with Crippen LogP contribution in [-0.4, -0.2) is 112 Å². The Hall–Kier alpha value is -4.12. The number of aromatic nitrogens is 2. The molecule has 3 fully saturated rings. The van der Waals surface area contributed by atoms with Crippen molar-refractivity contribution in [2.24, 2.45) is 0 Å². The van der Waals surface area contributed by atoms with E-state index in [4.69, 9.17) is 4.74 Å². The summed E-state index contributed by atoms with van der Waals surface area (Å²) >= 11 is 0. The summed E-state index contributed by atoms with van der Waals surface area (Å²) < 4.78 is 6.12. The van der Waals surface area contributed by atoms with Crippen molar-refractivity contribution in [3.8, 4) is 0 Å². The predicted molar refractivity (Wildman–Crippen MR) is 180 cm³/mol. The van der Waals surface area contributed by atoms with Gasteiger partial charge in [-0.3, -0.25) is 9.89 Å². The number of aromatic amines is 1. The normalized spacial score (nSPS) is 20.9. The molecule has 4 amide bonds. The molecule has 1 aromatic heterocycles. The Balaban J connectivity index is 1.00. The van der Waals surface area contributed by atoms with E-state index >= 15 is 0 Å². The minimum Gasteiger partial charge on any atom is -0.436 e. The van der Waals surface area contributed by atoms with Gasteiger partial charge in [0.2, 0.25) is 0 Å². The molecular weight excluding hydrogens is 594 g/mol. The lowest BCUT2D eigenvalue weighted by Gasteiger charge is -2.41. The van der Waals surface area contributed by atoms with Crippen LogP contribution in [0.25, 0.3) is 10.9 Å². The van der Waals surface area contributed by atoms with E-state index in [0.717, 1.165) is 65.6 Å². The van der Waals surface area contributed by atoms with E-state index in [1.807, 2.05) is 47.1 Å². The number of carbonyl (C=O) groups is 3. The number of anilines is 1. The molecule has 5 heterocycles. The number of likely N-dealkylation sites (tertiary alicyclic amines) is 3. The molecule has 4 aliphatic heterocycles. The quantitative estimate of drug-likeness (QED) is 0.394. The molecule has 3 aromatic rings. The fourth-order valence-electron chi connectivity index (χ4n) is 8.06. The largest absolute Gasteiger partial charge is 0.436 e. The number of hydrogen-bond acceptors (Lipinski definition) is 6. The lowest BCUT2D eigenvalue weighted by atomic mass is 9.98. The van der Waals surface area contributed by atoms with Gasteiger partial charge in [0.15, 0.2) is 6.10 Å². The van der Waals surface area contributed by atoms with Gasteiger partial charge in [-0.15, -0.1) is 0 Å². The van der Waals surface area contributed by atoms with Crippen molar-refractivity contribution in [2.75, 3.05) is 51.1 Å². The molecule has 1 atom stereocenters. The standard InChI is InChI=1S/C36H47N7O4/c1-25-21-26(22-28-24-37-39-33(25)28)23-32(34(44)41-16-10-29(11-17-41)40-14-5-2-6-15-40)47-36(46)42-18-12-30(13-19-42)43-20-9-27-7-3-4-8-31(27)38-35(43)45/h3-4,7-8,21-22,24,29-30,32H,2,5-6,9-20,23H2,1H3,(H,37,39)(H,38,45)/t32-/m1/s1. The Labute approximate surface area is 276 Å². The van der Waals surface area contributed by atoms with Gasteiger partial charge in [0, 0.05) is 62.3 Å². The van der Waals surface area contributed by atoms with E-state index in [9.17, 15) is 14.4 Å². The third kappa shape index (κ3) is 6.95. The molecule has 0 aliphatic carbocycles. The van der Waals surface area contributed by atoms with Crippen LogP contribution in [0.2, 0.25) is 0 Å². The molecule has 47 heavy (non-hydrogen) atoms. The Bertz CT molecular complexity index is 1580. The highest BCUT2D eigenvalue weighted by Gasteiger charge is 2.36. The van der Waals surface area contributed by atoms with Crippen LogP contribution in [0.1, 0.15) is 61.6 Å². The highest BCUT2D eigenvalue weighted by atomic mass is 16.6. The Morgan fingerprint density at radius 2 is 1.64 bits per heavy atom. The number of benzene rings is 2. The van der Waals surface area contributed by atoms with Crippen LogP contribution >= 0.6 is 0 Å². The summed E-state index contributed by atoms with van der Waals surface area (Å²) in [6, 6.07) is 12.5. The zero-order valence-corrected chi connectivity index (χ0v) is 27.5. The van der Waals surface area contributed by atoms with Crippen molar-refractivity contribution in [2.45, 2.75) is 82.9 Å². The number of piperidine rings is 3. The second kappa shape index (κ2) is 13.9. The number of rotatable bonds is 6. The first-order valence-corrected chi connectivity index (χ1v) is 17.5. The van der Waals surface area contributed by atoms with Crippen molar-refractivity contribution in [1.29, 1.82) is 0 Å². The number of nitrogens with zero attached hydrogens (tertiary/aromatic N) is 5. The van der Waals surface area contributed by atoms with Crippen molar-refractivity contribution >= 4 is 34.6 Å². The first kappa shape index (κ1) is 31.5. The van der Waals surface area contributed by atoms with Gasteiger partial charge in [-0.25, -0.2) is 9.59 Å². The maximum absolute atomic E-state index is 14.1. The van der Waals surface area contributed by atoms with E-state index in [0.29, 0.717) is 58.0 Å². The van der Waals surface area contributed by atoms with Crippen molar-refractivity contribution in [1.82, 2.24) is 29.8 Å². The van der Waals surface area contributed by atoms with Crippen LogP contribution in [-0.2, 0) is 22.4 Å². The molecular formula is C36H47N7O4. The first-order valence-electron chi connectivity index (χ1n) is 17.5. The topological polar surface area (TPSA) is 114 Å².